The Kier molecular flexibility index (Phi) is 4.58. The Balaban J connectivity index is 1.72. The molecule has 5 heteroatoms. The number of hydrogen-bond acceptors (Lipinski definition) is 3. The summed E-state index contributed by atoms with van der Waals surface area (Å²) in [5.74, 6) is 0.879. The molecule has 0 atom stereocenters. The van der Waals surface area contributed by atoms with Crippen molar-refractivity contribution in [3.8, 4) is 0 Å². The fourth-order valence-corrected chi connectivity index (χ4v) is 2.63. The van der Waals surface area contributed by atoms with Crippen LogP contribution in [-0.2, 0) is 9.59 Å². The third-order valence-electron chi connectivity index (χ3n) is 4.04. The first-order valence-electron chi connectivity index (χ1n) is 6.89. The summed E-state index contributed by atoms with van der Waals surface area (Å²) >= 11 is 0. The average Bonchev–Trinajstić information content (AvgIpc) is 2.40. The summed E-state index contributed by atoms with van der Waals surface area (Å²) in [5, 5.41) is 3.33. The van der Waals surface area contributed by atoms with Gasteiger partial charge in [0.25, 0.3) is 0 Å². The Morgan fingerprint density at radius 3 is 2.72 bits per heavy atom. The molecule has 0 unspecified atom stereocenters. The maximum absolute atomic E-state index is 12.0. The highest BCUT2D eigenvalue weighted by molar-refractivity contribution is 5.85. The van der Waals surface area contributed by atoms with E-state index in [1.165, 1.54) is 12.8 Å². The molecular weight excluding hydrogens is 230 g/mol. The maximum Gasteiger partial charge on any atom is 0.241 e. The first-order chi connectivity index (χ1) is 8.66. The van der Waals surface area contributed by atoms with Crippen LogP contribution in [0.5, 0.6) is 0 Å². The number of carbonyl (C=O) groups excluding carboxylic acids is 2. The number of nitrogens with one attached hydrogen (secondary N) is 1. The zero-order valence-corrected chi connectivity index (χ0v) is 11.2. The van der Waals surface area contributed by atoms with Crippen molar-refractivity contribution in [3.63, 3.8) is 0 Å². The number of likely N-dealkylation sites (N-methyl/N-ethyl adjacent to an activating group) is 1. The number of amides is 2. The molecule has 0 bridgehead atoms. The van der Waals surface area contributed by atoms with E-state index >= 15 is 0 Å². The third-order valence-corrected chi connectivity index (χ3v) is 4.04. The first-order valence-corrected chi connectivity index (χ1v) is 6.89. The first kappa shape index (κ1) is 13.3. The van der Waals surface area contributed by atoms with Crippen LogP contribution in [0.15, 0.2) is 0 Å². The van der Waals surface area contributed by atoms with Crippen molar-refractivity contribution in [3.05, 3.63) is 0 Å². The van der Waals surface area contributed by atoms with Crippen molar-refractivity contribution in [2.75, 3.05) is 39.8 Å². The van der Waals surface area contributed by atoms with Crippen molar-refractivity contribution >= 4 is 11.8 Å². The van der Waals surface area contributed by atoms with Crippen LogP contribution in [-0.4, -0.2) is 61.4 Å². The van der Waals surface area contributed by atoms with Crippen molar-refractivity contribution < 1.29 is 9.59 Å². The minimum absolute atomic E-state index is 0.0523. The Morgan fingerprint density at radius 1 is 1.33 bits per heavy atom. The second-order valence-electron chi connectivity index (χ2n) is 5.36. The highest BCUT2D eigenvalue weighted by Crippen LogP contribution is 2.18. The summed E-state index contributed by atoms with van der Waals surface area (Å²) in [5.41, 5.74) is 0. The van der Waals surface area contributed by atoms with Gasteiger partial charge in [0.2, 0.25) is 11.8 Å². The summed E-state index contributed by atoms with van der Waals surface area (Å²) in [4.78, 5) is 27.0. The highest BCUT2D eigenvalue weighted by atomic mass is 16.2. The van der Waals surface area contributed by atoms with E-state index in [1.807, 2.05) is 0 Å². The molecule has 1 N–H and O–H groups in total. The van der Waals surface area contributed by atoms with Gasteiger partial charge in [0.15, 0.2) is 0 Å². The molecule has 18 heavy (non-hydrogen) atoms. The molecule has 0 radical (unpaired) electrons. The number of nitrogens with zero attached hydrogens (tertiary/aromatic N) is 2. The lowest BCUT2D eigenvalue weighted by molar-refractivity contribution is -0.144. The molecule has 2 saturated heterocycles. The van der Waals surface area contributed by atoms with Gasteiger partial charge in [-0.3, -0.25) is 9.59 Å². The van der Waals surface area contributed by atoms with E-state index in [0.717, 1.165) is 19.5 Å². The van der Waals surface area contributed by atoms with Crippen molar-refractivity contribution in [2.45, 2.75) is 25.7 Å². The van der Waals surface area contributed by atoms with Gasteiger partial charge in [-0.15, -0.1) is 0 Å². The molecule has 2 fully saturated rings. The Labute approximate surface area is 108 Å². The quantitative estimate of drug-likeness (QED) is 0.774. The smallest absolute Gasteiger partial charge is 0.241 e. The monoisotopic (exact) mass is 253 g/mol. The van der Waals surface area contributed by atoms with Crippen LogP contribution in [0, 0.1) is 5.92 Å². The van der Waals surface area contributed by atoms with Crippen LogP contribution < -0.4 is 5.32 Å². The second-order valence-corrected chi connectivity index (χ2v) is 5.36. The zero-order valence-electron chi connectivity index (χ0n) is 11.2. The summed E-state index contributed by atoms with van der Waals surface area (Å²) < 4.78 is 0. The number of piperidine rings is 1. The molecule has 0 aromatic rings. The standard InChI is InChI=1S/C13H23N3O2/c1-15-8-9-16(10-13(15)18)12(17)3-2-11-4-6-14-7-5-11/h11,14H,2-10H2,1H3. The van der Waals surface area contributed by atoms with Crippen LogP contribution in [0.4, 0.5) is 0 Å². The van der Waals surface area contributed by atoms with E-state index in [9.17, 15) is 9.59 Å². The van der Waals surface area contributed by atoms with Gasteiger partial charge in [-0.25, -0.2) is 0 Å². The largest absolute Gasteiger partial charge is 0.342 e. The third kappa shape index (κ3) is 3.45. The Morgan fingerprint density at radius 2 is 2.06 bits per heavy atom. The van der Waals surface area contributed by atoms with Crippen LogP contribution in [0.25, 0.3) is 0 Å². The lowest BCUT2D eigenvalue weighted by Crippen LogP contribution is -2.50. The van der Waals surface area contributed by atoms with E-state index in [4.69, 9.17) is 0 Å². The van der Waals surface area contributed by atoms with Crippen molar-refractivity contribution in [1.82, 2.24) is 15.1 Å². The summed E-state index contributed by atoms with van der Waals surface area (Å²) in [6.45, 7) is 3.77. The van der Waals surface area contributed by atoms with Gasteiger partial charge >= 0.3 is 0 Å². The van der Waals surface area contributed by atoms with E-state index in [-0.39, 0.29) is 18.4 Å². The molecule has 0 aromatic carbocycles. The van der Waals surface area contributed by atoms with E-state index in [2.05, 4.69) is 5.32 Å². The van der Waals surface area contributed by atoms with Crippen LogP contribution in [0.3, 0.4) is 0 Å². The van der Waals surface area contributed by atoms with Gasteiger partial charge in [-0.2, -0.15) is 0 Å². The molecule has 2 heterocycles. The van der Waals surface area contributed by atoms with Crippen LogP contribution >= 0.6 is 0 Å². The van der Waals surface area contributed by atoms with E-state index in [0.29, 0.717) is 25.4 Å². The number of hydrogen-bond donors (Lipinski definition) is 1. The topological polar surface area (TPSA) is 52.6 Å². The SMILES string of the molecule is CN1CCN(C(=O)CCC2CCNCC2)CC1=O. The van der Waals surface area contributed by atoms with Gasteiger partial charge < -0.3 is 15.1 Å². The van der Waals surface area contributed by atoms with Gasteiger partial charge in [0.05, 0.1) is 6.54 Å². The highest BCUT2D eigenvalue weighted by Gasteiger charge is 2.25. The van der Waals surface area contributed by atoms with E-state index < -0.39 is 0 Å². The molecule has 2 rings (SSSR count). The molecule has 102 valence electrons. The predicted molar refractivity (Wildman–Crippen MR) is 69.0 cm³/mol. The summed E-state index contributed by atoms with van der Waals surface area (Å²) in [6.07, 6.45) is 3.92. The molecule has 0 aliphatic carbocycles. The normalized spacial score (nSPS) is 22.4. The summed E-state index contributed by atoms with van der Waals surface area (Å²) in [7, 11) is 1.79. The molecule has 2 aliphatic rings. The second kappa shape index (κ2) is 6.18. The van der Waals surface area contributed by atoms with Gasteiger partial charge in [-0.1, -0.05) is 0 Å². The van der Waals surface area contributed by atoms with Gasteiger partial charge in [-0.05, 0) is 38.3 Å². The van der Waals surface area contributed by atoms with Crippen LogP contribution in [0.2, 0.25) is 0 Å². The lowest BCUT2D eigenvalue weighted by Gasteiger charge is -2.32. The molecule has 2 aliphatic heterocycles. The van der Waals surface area contributed by atoms with Gasteiger partial charge in [0.1, 0.15) is 0 Å². The number of piperazine rings is 1. The minimum Gasteiger partial charge on any atom is -0.342 e. The fourth-order valence-electron chi connectivity index (χ4n) is 2.63. The molecular formula is C13H23N3O2. The molecule has 0 saturated carbocycles. The average molecular weight is 253 g/mol. The Hall–Kier alpha value is -1.10. The number of carbonyl (C=O) groups is 2. The maximum atomic E-state index is 12.0. The van der Waals surface area contributed by atoms with E-state index in [1.54, 1.807) is 16.8 Å². The minimum atomic E-state index is 0.0523. The van der Waals surface area contributed by atoms with Crippen molar-refractivity contribution in [1.29, 1.82) is 0 Å². The Bertz CT molecular complexity index is 313. The molecule has 2 amide bonds. The fraction of sp³-hybridized carbons (Fsp3) is 0.846. The van der Waals surface area contributed by atoms with Crippen molar-refractivity contribution in [2.24, 2.45) is 5.92 Å². The van der Waals surface area contributed by atoms with Gasteiger partial charge in [0, 0.05) is 26.6 Å². The number of rotatable bonds is 3. The van der Waals surface area contributed by atoms with Crippen LogP contribution in [0.1, 0.15) is 25.7 Å². The predicted octanol–water partition coefficient (Wildman–Crippen LogP) is 0.0668. The molecule has 5 nitrogen and oxygen atoms in total. The zero-order chi connectivity index (χ0) is 13.0. The lowest BCUT2D eigenvalue weighted by atomic mass is 9.93. The molecule has 0 spiro atoms. The molecule has 0 aromatic heterocycles. The summed E-state index contributed by atoms with van der Waals surface area (Å²) in [6, 6.07) is 0.